The third-order valence-electron chi connectivity index (χ3n) is 5.29. The van der Waals surface area contributed by atoms with Crippen molar-refractivity contribution in [1.29, 1.82) is 0 Å². The van der Waals surface area contributed by atoms with Crippen LogP contribution in [0.5, 0.6) is 0 Å². The largest absolute Gasteiger partial charge is 0.379 e. The van der Waals surface area contributed by atoms with Gasteiger partial charge in [0.2, 0.25) is 0 Å². The molecule has 4 rings (SSSR count). The average molecular weight is 408 g/mol. The minimum Gasteiger partial charge on any atom is -0.379 e. The van der Waals surface area contributed by atoms with E-state index in [4.69, 9.17) is 5.73 Å². The van der Waals surface area contributed by atoms with Crippen LogP contribution in [0.3, 0.4) is 0 Å². The molecule has 2 atom stereocenters. The van der Waals surface area contributed by atoms with E-state index in [1.54, 1.807) is 12.3 Å². The van der Waals surface area contributed by atoms with Crippen LogP contribution in [0.1, 0.15) is 33.6 Å². The number of anilines is 1. The molecule has 0 spiro atoms. The molecule has 156 valence electrons. The van der Waals surface area contributed by atoms with Gasteiger partial charge >= 0.3 is 0 Å². The fourth-order valence-electron chi connectivity index (χ4n) is 3.65. The average Bonchev–Trinajstić information content (AvgIpc) is 3.24. The molecule has 1 amide bonds. The summed E-state index contributed by atoms with van der Waals surface area (Å²) in [7, 11) is 0. The summed E-state index contributed by atoms with van der Waals surface area (Å²) in [5.74, 6) is -0.580. The lowest BCUT2D eigenvalue weighted by Crippen LogP contribution is -2.45. The number of nitrogens with one attached hydrogen (secondary N) is 2. The van der Waals surface area contributed by atoms with Crippen molar-refractivity contribution in [3.8, 4) is 0 Å². The van der Waals surface area contributed by atoms with Crippen molar-refractivity contribution in [2.45, 2.75) is 31.6 Å². The van der Waals surface area contributed by atoms with E-state index in [2.05, 4.69) is 45.0 Å². The zero-order valence-corrected chi connectivity index (χ0v) is 16.6. The van der Waals surface area contributed by atoms with Gasteiger partial charge in [-0.15, -0.1) is 0 Å². The number of hydrogen-bond acceptors (Lipinski definition) is 5. The Labute approximate surface area is 174 Å². The first-order chi connectivity index (χ1) is 14.6. The smallest absolute Gasteiger partial charge is 0.252 e. The quantitative estimate of drug-likeness (QED) is 0.556. The summed E-state index contributed by atoms with van der Waals surface area (Å²) in [6.07, 6.45) is 5.36. The van der Waals surface area contributed by atoms with Crippen molar-refractivity contribution < 1.29 is 9.18 Å². The Bertz CT molecular complexity index is 989. The maximum atomic E-state index is 14.2. The SMILES string of the molecule is NC(=O)c1cnc(Cc2ccc(Cn3cccn3)cc2)cc1N[C@@H]1CCNC[C@@H]1F. The van der Waals surface area contributed by atoms with Gasteiger partial charge < -0.3 is 16.4 Å². The van der Waals surface area contributed by atoms with Gasteiger partial charge in [-0.05, 0) is 36.2 Å². The first-order valence-corrected chi connectivity index (χ1v) is 10.0. The molecule has 30 heavy (non-hydrogen) atoms. The maximum absolute atomic E-state index is 14.2. The Hall–Kier alpha value is -3.26. The van der Waals surface area contributed by atoms with Gasteiger partial charge in [0.25, 0.3) is 5.91 Å². The summed E-state index contributed by atoms with van der Waals surface area (Å²) in [5, 5.41) is 10.4. The van der Waals surface area contributed by atoms with Crippen molar-refractivity contribution in [1.82, 2.24) is 20.1 Å². The molecule has 1 saturated heterocycles. The summed E-state index contributed by atoms with van der Waals surface area (Å²) in [4.78, 5) is 16.2. The van der Waals surface area contributed by atoms with E-state index >= 15 is 0 Å². The third kappa shape index (κ3) is 4.83. The number of pyridine rings is 1. The minimum atomic E-state index is -1.03. The Balaban J connectivity index is 1.49. The number of amides is 1. The van der Waals surface area contributed by atoms with Gasteiger partial charge in [-0.1, -0.05) is 24.3 Å². The molecule has 7 nitrogen and oxygen atoms in total. The molecule has 1 fully saturated rings. The standard InChI is InChI=1S/C22H25FN6O/c23-19-13-25-8-6-20(19)28-21-11-17(26-12-18(21)22(24)30)10-15-2-4-16(5-3-15)14-29-9-1-7-27-29/h1-5,7,9,11-12,19-20,25H,6,8,10,13-14H2,(H2,24,30)(H,26,28)/t19-,20+/m0/s1. The molecule has 2 aromatic heterocycles. The lowest BCUT2D eigenvalue weighted by molar-refractivity contribution is 0.100. The van der Waals surface area contributed by atoms with Crippen LogP contribution in [0.4, 0.5) is 10.1 Å². The Morgan fingerprint density at radius 2 is 2.10 bits per heavy atom. The second kappa shape index (κ2) is 9.04. The fourth-order valence-corrected chi connectivity index (χ4v) is 3.65. The normalized spacial score (nSPS) is 18.8. The zero-order valence-electron chi connectivity index (χ0n) is 16.6. The van der Waals surface area contributed by atoms with Crippen molar-refractivity contribution in [2.75, 3.05) is 18.4 Å². The van der Waals surface area contributed by atoms with Gasteiger partial charge in [-0.25, -0.2) is 4.39 Å². The molecule has 4 N–H and O–H groups in total. The van der Waals surface area contributed by atoms with E-state index in [-0.39, 0.29) is 11.6 Å². The molecule has 1 aromatic carbocycles. The van der Waals surface area contributed by atoms with E-state index in [9.17, 15) is 9.18 Å². The van der Waals surface area contributed by atoms with Gasteiger partial charge in [-0.2, -0.15) is 5.10 Å². The molecule has 8 heteroatoms. The van der Waals surface area contributed by atoms with Crippen LogP contribution in [0.2, 0.25) is 0 Å². The van der Waals surface area contributed by atoms with Crippen LogP contribution >= 0.6 is 0 Å². The molecule has 0 radical (unpaired) electrons. The van der Waals surface area contributed by atoms with Crippen LogP contribution < -0.4 is 16.4 Å². The topological polar surface area (TPSA) is 97.9 Å². The number of rotatable bonds is 7. The maximum Gasteiger partial charge on any atom is 0.252 e. The molecule has 0 unspecified atom stereocenters. The highest BCUT2D eigenvalue weighted by Crippen LogP contribution is 2.22. The van der Waals surface area contributed by atoms with Gasteiger partial charge in [-0.3, -0.25) is 14.5 Å². The van der Waals surface area contributed by atoms with Crippen molar-refractivity contribution in [3.05, 3.63) is 77.4 Å². The predicted molar refractivity (Wildman–Crippen MR) is 113 cm³/mol. The van der Waals surface area contributed by atoms with E-state index in [1.165, 1.54) is 6.20 Å². The molecule has 0 bridgehead atoms. The number of piperidine rings is 1. The number of primary amides is 1. The molecule has 1 aliphatic heterocycles. The van der Waals surface area contributed by atoms with Crippen LogP contribution in [0, 0.1) is 0 Å². The molecule has 3 aromatic rings. The second-order valence-corrected chi connectivity index (χ2v) is 7.54. The number of carbonyl (C=O) groups excluding carboxylic acids is 1. The van der Waals surface area contributed by atoms with E-state index in [0.717, 1.165) is 23.4 Å². The van der Waals surface area contributed by atoms with Gasteiger partial charge in [0, 0.05) is 37.3 Å². The highest BCUT2D eigenvalue weighted by Gasteiger charge is 2.25. The fraction of sp³-hybridized carbons (Fsp3) is 0.318. The predicted octanol–water partition coefficient (Wildman–Crippen LogP) is 2.13. The number of halogens is 1. The van der Waals surface area contributed by atoms with Crippen LogP contribution in [0.25, 0.3) is 0 Å². The van der Waals surface area contributed by atoms with Crippen LogP contribution in [-0.4, -0.2) is 46.0 Å². The first-order valence-electron chi connectivity index (χ1n) is 10.0. The minimum absolute atomic E-state index is 0.277. The molecule has 0 saturated carbocycles. The molecular weight excluding hydrogens is 383 g/mol. The highest BCUT2D eigenvalue weighted by molar-refractivity contribution is 5.98. The van der Waals surface area contributed by atoms with Crippen LogP contribution in [-0.2, 0) is 13.0 Å². The number of nitrogens with two attached hydrogens (primary N) is 1. The number of hydrogen-bond donors (Lipinski definition) is 3. The summed E-state index contributed by atoms with van der Waals surface area (Å²) in [5.41, 5.74) is 9.34. The summed E-state index contributed by atoms with van der Waals surface area (Å²) < 4.78 is 16.1. The van der Waals surface area contributed by atoms with Crippen molar-refractivity contribution >= 4 is 11.6 Å². The summed E-state index contributed by atoms with van der Waals surface area (Å²) in [6.45, 7) is 1.74. The van der Waals surface area contributed by atoms with Crippen molar-refractivity contribution in [2.24, 2.45) is 5.73 Å². The first kappa shape index (κ1) is 20.0. The van der Waals surface area contributed by atoms with Gasteiger partial charge in [0.1, 0.15) is 6.17 Å². The monoisotopic (exact) mass is 408 g/mol. The summed E-state index contributed by atoms with van der Waals surface area (Å²) in [6, 6.07) is 11.6. The Kier molecular flexibility index (Phi) is 6.04. The molecular formula is C22H25FN6O. The lowest BCUT2D eigenvalue weighted by Gasteiger charge is -2.29. The zero-order chi connectivity index (χ0) is 20.9. The van der Waals surface area contributed by atoms with Gasteiger partial charge in [0.15, 0.2) is 0 Å². The Morgan fingerprint density at radius 1 is 1.30 bits per heavy atom. The molecule has 3 heterocycles. The number of carbonyl (C=O) groups is 1. The number of nitrogens with zero attached hydrogens (tertiary/aromatic N) is 3. The van der Waals surface area contributed by atoms with E-state index in [0.29, 0.717) is 31.6 Å². The number of aromatic nitrogens is 3. The highest BCUT2D eigenvalue weighted by atomic mass is 19.1. The molecule has 0 aliphatic carbocycles. The number of alkyl halides is 1. The van der Waals surface area contributed by atoms with E-state index in [1.807, 2.05) is 16.9 Å². The summed E-state index contributed by atoms with van der Waals surface area (Å²) >= 11 is 0. The second-order valence-electron chi connectivity index (χ2n) is 7.54. The van der Waals surface area contributed by atoms with Gasteiger partial charge in [0.05, 0.1) is 23.8 Å². The molecule has 1 aliphatic rings. The number of benzene rings is 1. The Morgan fingerprint density at radius 3 is 2.80 bits per heavy atom. The van der Waals surface area contributed by atoms with E-state index < -0.39 is 12.1 Å². The third-order valence-corrected chi connectivity index (χ3v) is 5.29. The van der Waals surface area contributed by atoms with Crippen LogP contribution in [0.15, 0.2) is 55.0 Å². The van der Waals surface area contributed by atoms with Crippen molar-refractivity contribution in [3.63, 3.8) is 0 Å². The lowest BCUT2D eigenvalue weighted by atomic mass is 10.0.